The molecular weight excluding hydrogens is 309 g/mol. The van der Waals surface area contributed by atoms with Gasteiger partial charge in [0.25, 0.3) is 0 Å². The molecule has 0 saturated heterocycles. The number of nitrogens with two attached hydrogens (primary N) is 1. The Morgan fingerprint density at radius 2 is 1.78 bits per heavy atom. The second-order valence-corrected chi connectivity index (χ2v) is 5.91. The smallest absolute Gasteiger partial charge is 0.406 e. The number of ether oxygens (including phenoxy) is 1. The minimum Gasteiger partial charge on any atom is -0.406 e. The third-order valence-corrected chi connectivity index (χ3v) is 4.05. The quantitative estimate of drug-likeness (QED) is 0.872. The summed E-state index contributed by atoms with van der Waals surface area (Å²) < 4.78 is 40.0. The first-order chi connectivity index (χ1) is 10.8. The van der Waals surface area contributed by atoms with E-state index in [1.807, 2.05) is 0 Å². The zero-order valence-electron chi connectivity index (χ0n) is 12.8. The number of benzene rings is 1. The number of halogens is 3. The topological polar surface area (TPSA) is 64.4 Å². The maximum atomic E-state index is 12.1. The maximum Gasteiger partial charge on any atom is 0.573 e. The van der Waals surface area contributed by atoms with Crippen LogP contribution in [0, 0.1) is 0 Å². The second kappa shape index (κ2) is 7.21. The van der Waals surface area contributed by atoms with Gasteiger partial charge in [-0.1, -0.05) is 31.4 Å². The fourth-order valence-corrected chi connectivity index (χ4v) is 2.76. The van der Waals surface area contributed by atoms with Gasteiger partial charge in [0.2, 0.25) is 5.91 Å². The number of rotatable bonds is 5. The molecule has 4 nitrogen and oxygen atoms in total. The first-order valence-corrected chi connectivity index (χ1v) is 7.70. The molecule has 1 saturated carbocycles. The van der Waals surface area contributed by atoms with Gasteiger partial charge in [-0.25, -0.2) is 0 Å². The van der Waals surface area contributed by atoms with E-state index in [0.29, 0.717) is 25.8 Å². The van der Waals surface area contributed by atoms with E-state index < -0.39 is 11.9 Å². The molecule has 1 aliphatic carbocycles. The van der Waals surface area contributed by atoms with Crippen LogP contribution in [0.5, 0.6) is 5.75 Å². The fourth-order valence-electron chi connectivity index (χ4n) is 2.76. The first kappa shape index (κ1) is 17.6. The van der Waals surface area contributed by atoms with Crippen molar-refractivity contribution in [1.82, 2.24) is 5.32 Å². The summed E-state index contributed by atoms with van der Waals surface area (Å²) in [7, 11) is 0. The van der Waals surface area contributed by atoms with Gasteiger partial charge in [0.1, 0.15) is 5.75 Å². The van der Waals surface area contributed by atoms with Crippen LogP contribution in [0.2, 0.25) is 0 Å². The Morgan fingerprint density at radius 1 is 1.17 bits per heavy atom. The number of hydrogen-bond acceptors (Lipinski definition) is 3. The summed E-state index contributed by atoms with van der Waals surface area (Å²) >= 11 is 0. The van der Waals surface area contributed by atoms with Crippen LogP contribution in [0.4, 0.5) is 13.2 Å². The number of amides is 1. The summed E-state index contributed by atoms with van der Waals surface area (Å²) in [5.74, 6) is -0.400. The number of nitrogens with one attached hydrogen (secondary N) is 1. The maximum absolute atomic E-state index is 12.1. The third kappa shape index (κ3) is 5.42. The summed E-state index contributed by atoms with van der Waals surface area (Å²) in [6.45, 7) is 0.400. The minimum absolute atomic E-state index is 0.144. The molecule has 0 aromatic heterocycles. The lowest BCUT2D eigenvalue weighted by Crippen LogP contribution is -2.55. The first-order valence-electron chi connectivity index (χ1n) is 7.70. The van der Waals surface area contributed by atoms with Crippen molar-refractivity contribution >= 4 is 5.91 Å². The van der Waals surface area contributed by atoms with Gasteiger partial charge in [0.15, 0.2) is 0 Å². The predicted octanol–water partition coefficient (Wildman–Crippen LogP) is 2.91. The molecule has 3 N–H and O–H groups in total. The summed E-state index contributed by atoms with van der Waals surface area (Å²) in [5, 5.41) is 2.82. The average molecular weight is 330 g/mol. The molecule has 23 heavy (non-hydrogen) atoms. The van der Waals surface area contributed by atoms with Gasteiger partial charge in [-0.3, -0.25) is 4.79 Å². The third-order valence-electron chi connectivity index (χ3n) is 4.05. The Hall–Kier alpha value is -1.76. The van der Waals surface area contributed by atoms with E-state index in [0.717, 1.165) is 24.8 Å². The van der Waals surface area contributed by atoms with Gasteiger partial charge in [-0.05, 0) is 37.0 Å². The average Bonchev–Trinajstić information content (AvgIpc) is 2.48. The lowest BCUT2D eigenvalue weighted by Gasteiger charge is -2.31. The molecule has 2 rings (SSSR count). The zero-order chi connectivity index (χ0) is 16.9. The van der Waals surface area contributed by atoms with Crippen molar-refractivity contribution in [3.8, 4) is 5.75 Å². The highest BCUT2D eigenvalue weighted by atomic mass is 19.4. The van der Waals surface area contributed by atoms with Crippen molar-refractivity contribution < 1.29 is 22.7 Å². The number of carbonyl (C=O) groups is 1. The molecule has 128 valence electrons. The Morgan fingerprint density at radius 3 is 2.35 bits per heavy atom. The molecule has 0 radical (unpaired) electrons. The van der Waals surface area contributed by atoms with Crippen molar-refractivity contribution in [2.75, 3.05) is 6.54 Å². The Bertz CT molecular complexity index is 523. The SMILES string of the molecule is NC1(C(=O)NCCc2ccc(OC(F)(F)F)cc2)CCCCC1. The standard InChI is InChI=1S/C16H21F3N2O2/c17-16(18,19)23-13-6-4-12(5-7-13)8-11-21-14(22)15(20)9-2-1-3-10-15/h4-7H,1-3,8-11,20H2,(H,21,22). The van der Waals surface area contributed by atoms with E-state index in [1.54, 1.807) is 12.1 Å². The lowest BCUT2D eigenvalue weighted by molar-refractivity contribution is -0.274. The Kier molecular flexibility index (Phi) is 5.51. The molecule has 0 spiro atoms. The van der Waals surface area contributed by atoms with Crippen molar-refractivity contribution in [2.45, 2.75) is 50.4 Å². The van der Waals surface area contributed by atoms with E-state index >= 15 is 0 Å². The van der Waals surface area contributed by atoms with Crippen LogP contribution >= 0.6 is 0 Å². The van der Waals surface area contributed by atoms with E-state index in [1.165, 1.54) is 12.1 Å². The van der Waals surface area contributed by atoms with E-state index in [4.69, 9.17) is 5.73 Å². The van der Waals surface area contributed by atoms with Crippen LogP contribution in [0.3, 0.4) is 0 Å². The van der Waals surface area contributed by atoms with Gasteiger partial charge < -0.3 is 15.8 Å². The van der Waals surface area contributed by atoms with Crippen LogP contribution in [-0.2, 0) is 11.2 Å². The van der Waals surface area contributed by atoms with E-state index in [2.05, 4.69) is 10.1 Å². The highest BCUT2D eigenvalue weighted by molar-refractivity contribution is 5.86. The number of hydrogen-bond donors (Lipinski definition) is 2. The molecule has 0 unspecified atom stereocenters. The van der Waals surface area contributed by atoms with Crippen LogP contribution < -0.4 is 15.8 Å². The van der Waals surface area contributed by atoms with Gasteiger partial charge in [0.05, 0.1) is 5.54 Å². The highest BCUT2D eigenvalue weighted by Crippen LogP contribution is 2.26. The second-order valence-electron chi connectivity index (χ2n) is 5.91. The summed E-state index contributed by atoms with van der Waals surface area (Å²) in [4.78, 5) is 12.1. The Labute approximate surface area is 133 Å². The summed E-state index contributed by atoms with van der Waals surface area (Å²) in [6.07, 6.45) is 0.261. The molecule has 1 aromatic rings. The van der Waals surface area contributed by atoms with Gasteiger partial charge >= 0.3 is 6.36 Å². The normalized spacial score (nSPS) is 17.6. The molecule has 0 heterocycles. The minimum atomic E-state index is -4.69. The summed E-state index contributed by atoms with van der Waals surface area (Å²) in [5.41, 5.74) is 6.16. The fraction of sp³-hybridized carbons (Fsp3) is 0.562. The van der Waals surface area contributed by atoms with Gasteiger partial charge in [0, 0.05) is 6.54 Å². The molecule has 1 fully saturated rings. The van der Waals surface area contributed by atoms with Crippen LogP contribution in [0.15, 0.2) is 24.3 Å². The molecule has 0 bridgehead atoms. The zero-order valence-corrected chi connectivity index (χ0v) is 12.8. The van der Waals surface area contributed by atoms with E-state index in [9.17, 15) is 18.0 Å². The van der Waals surface area contributed by atoms with Gasteiger partial charge in [-0.15, -0.1) is 13.2 Å². The molecule has 1 aromatic carbocycles. The molecule has 1 amide bonds. The van der Waals surface area contributed by atoms with E-state index in [-0.39, 0.29) is 11.7 Å². The molecule has 7 heteroatoms. The predicted molar refractivity (Wildman–Crippen MR) is 79.8 cm³/mol. The van der Waals surface area contributed by atoms with Crippen molar-refractivity contribution in [1.29, 1.82) is 0 Å². The number of alkyl halides is 3. The van der Waals surface area contributed by atoms with Gasteiger partial charge in [-0.2, -0.15) is 0 Å². The molecular formula is C16H21F3N2O2. The molecule has 0 aliphatic heterocycles. The largest absolute Gasteiger partial charge is 0.573 e. The highest BCUT2D eigenvalue weighted by Gasteiger charge is 2.34. The van der Waals surface area contributed by atoms with Crippen molar-refractivity contribution in [3.63, 3.8) is 0 Å². The summed E-state index contributed by atoms with van der Waals surface area (Å²) in [6, 6.07) is 5.62. The molecule has 1 aliphatic rings. The van der Waals surface area contributed by atoms with Crippen LogP contribution in [0.1, 0.15) is 37.7 Å². The van der Waals surface area contributed by atoms with Crippen LogP contribution in [0.25, 0.3) is 0 Å². The van der Waals surface area contributed by atoms with Crippen molar-refractivity contribution in [2.24, 2.45) is 5.73 Å². The molecule has 0 atom stereocenters. The Balaban J connectivity index is 1.78. The number of carbonyl (C=O) groups excluding carboxylic acids is 1. The van der Waals surface area contributed by atoms with Crippen molar-refractivity contribution in [3.05, 3.63) is 29.8 Å². The van der Waals surface area contributed by atoms with Crippen LogP contribution in [-0.4, -0.2) is 24.4 Å². The monoisotopic (exact) mass is 330 g/mol. The lowest BCUT2D eigenvalue weighted by atomic mass is 9.82.